The van der Waals surface area contributed by atoms with Crippen molar-refractivity contribution >= 4 is 23.3 Å². The predicted octanol–water partition coefficient (Wildman–Crippen LogP) is 3.88. The van der Waals surface area contributed by atoms with Gasteiger partial charge in [0.15, 0.2) is 0 Å². The molecular formula is C19H15F3N4O4. The van der Waals surface area contributed by atoms with Crippen LogP contribution in [0.2, 0.25) is 0 Å². The van der Waals surface area contributed by atoms with E-state index < -0.39 is 34.6 Å². The summed E-state index contributed by atoms with van der Waals surface area (Å²) in [5, 5.41) is 18.0. The summed E-state index contributed by atoms with van der Waals surface area (Å²) in [7, 11) is 0. The van der Waals surface area contributed by atoms with Crippen LogP contribution in [0, 0.1) is 10.1 Å². The number of carbonyl (C=O) groups is 2. The fourth-order valence-electron chi connectivity index (χ4n) is 3.10. The van der Waals surface area contributed by atoms with Crippen LogP contribution in [-0.4, -0.2) is 16.9 Å². The number of rotatable bonds is 4. The van der Waals surface area contributed by atoms with Crippen LogP contribution in [0.1, 0.15) is 24.1 Å². The fourth-order valence-corrected chi connectivity index (χ4v) is 3.10. The van der Waals surface area contributed by atoms with Gasteiger partial charge in [-0.3, -0.25) is 14.9 Å². The number of alkyl halides is 3. The normalized spacial score (nSPS) is 16.5. The van der Waals surface area contributed by atoms with Gasteiger partial charge in [-0.25, -0.2) is 4.79 Å². The van der Waals surface area contributed by atoms with E-state index in [1.165, 1.54) is 49.4 Å². The molecule has 0 saturated heterocycles. The molecule has 0 fully saturated rings. The molecule has 0 spiro atoms. The van der Waals surface area contributed by atoms with Crippen molar-refractivity contribution in [3.63, 3.8) is 0 Å². The minimum atomic E-state index is -4.69. The lowest BCUT2D eigenvalue weighted by Crippen LogP contribution is -2.46. The zero-order valence-electron chi connectivity index (χ0n) is 15.4. The molecule has 0 saturated carbocycles. The van der Waals surface area contributed by atoms with Crippen LogP contribution in [-0.2, 0) is 11.0 Å². The fraction of sp³-hybridized carbons (Fsp3) is 0.158. The lowest BCUT2D eigenvalue weighted by molar-refractivity contribution is -0.384. The smallest absolute Gasteiger partial charge is 0.327 e. The minimum Gasteiger partial charge on any atom is -0.327 e. The van der Waals surface area contributed by atoms with Gasteiger partial charge in [-0.1, -0.05) is 18.2 Å². The Morgan fingerprint density at radius 2 is 1.77 bits per heavy atom. The van der Waals surface area contributed by atoms with Gasteiger partial charge < -0.3 is 16.0 Å². The molecule has 2 aromatic carbocycles. The van der Waals surface area contributed by atoms with E-state index in [1.807, 2.05) is 0 Å². The predicted molar refractivity (Wildman–Crippen MR) is 100 cm³/mol. The number of anilines is 1. The van der Waals surface area contributed by atoms with Crippen molar-refractivity contribution < 1.29 is 27.7 Å². The number of hydrogen-bond acceptors (Lipinski definition) is 4. The Morgan fingerprint density at radius 1 is 1.13 bits per heavy atom. The van der Waals surface area contributed by atoms with Crippen LogP contribution < -0.4 is 16.0 Å². The molecule has 0 bridgehead atoms. The summed E-state index contributed by atoms with van der Waals surface area (Å²) < 4.78 is 40.4. The van der Waals surface area contributed by atoms with Gasteiger partial charge in [-0.2, -0.15) is 13.2 Å². The number of halogens is 3. The standard InChI is InChI=1S/C19H15F3N4O4/c1-10-15(17(27)24-11-6-8-12(9-7-11)26(29)30)16(25-18(28)23-10)13-4-2-3-5-14(13)19(20,21)22/h2-9,16H,1H3,(H,24,27)(H2,23,25,28). The topological polar surface area (TPSA) is 113 Å². The molecule has 3 rings (SSSR count). The highest BCUT2D eigenvalue weighted by Gasteiger charge is 2.39. The van der Waals surface area contributed by atoms with E-state index in [1.54, 1.807) is 0 Å². The van der Waals surface area contributed by atoms with Gasteiger partial charge in [-0.15, -0.1) is 0 Å². The second-order valence-electron chi connectivity index (χ2n) is 6.41. The maximum absolute atomic E-state index is 13.5. The summed E-state index contributed by atoms with van der Waals surface area (Å²) in [6.45, 7) is 1.40. The zero-order chi connectivity index (χ0) is 22.1. The van der Waals surface area contributed by atoms with E-state index in [9.17, 15) is 32.9 Å². The lowest BCUT2D eigenvalue weighted by atomic mass is 9.91. The number of hydrogen-bond donors (Lipinski definition) is 3. The Hall–Kier alpha value is -3.89. The zero-order valence-corrected chi connectivity index (χ0v) is 15.4. The molecular weight excluding hydrogens is 405 g/mol. The molecule has 0 radical (unpaired) electrons. The number of nitro benzene ring substituents is 1. The summed E-state index contributed by atoms with van der Waals surface area (Å²) in [6.07, 6.45) is -4.69. The molecule has 1 aliphatic rings. The van der Waals surface area contributed by atoms with Gasteiger partial charge in [0, 0.05) is 23.5 Å². The molecule has 0 aliphatic carbocycles. The van der Waals surface area contributed by atoms with E-state index in [-0.39, 0.29) is 28.2 Å². The first kappa shape index (κ1) is 20.8. The molecule has 1 atom stereocenters. The third kappa shape index (κ3) is 4.24. The van der Waals surface area contributed by atoms with E-state index in [4.69, 9.17) is 0 Å². The molecule has 1 unspecified atom stereocenters. The van der Waals surface area contributed by atoms with Gasteiger partial charge in [0.1, 0.15) is 0 Å². The number of nitro groups is 1. The van der Waals surface area contributed by atoms with E-state index in [2.05, 4.69) is 16.0 Å². The summed E-state index contributed by atoms with van der Waals surface area (Å²) >= 11 is 0. The Kier molecular flexibility index (Phi) is 5.45. The highest BCUT2D eigenvalue weighted by atomic mass is 19.4. The molecule has 3 N–H and O–H groups in total. The quantitative estimate of drug-likeness (QED) is 0.515. The highest BCUT2D eigenvalue weighted by Crippen LogP contribution is 2.38. The van der Waals surface area contributed by atoms with Crippen molar-refractivity contribution in [1.29, 1.82) is 0 Å². The van der Waals surface area contributed by atoms with Crippen LogP contribution >= 0.6 is 0 Å². The molecule has 30 heavy (non-hydrogen) atoms. The lowest BCUT2D eigenvalue weighted by Gasteiger charge is -2.30. The first-order valence-corrected chi connectivity index (χ1v) is 8.58. The maximum Gasteiger partial charge on any atom is 0.416 e. The first-order chi connectivity index (χ1) is 14.1. The Balaban J connectivity index is 1.99. The number of nitrogens with zero attached hydrogens (tertiary/aromatic N) is 1. The van der Waals surface area contributed by atoms with Crippen LogP contribution in [0.5, 0.6) is 0 Å². The summed E-state index contributed by atoms with van der Waals surface area (Å²) in [6, 6.07) is 7.47. The molecule has 1 aliphatic heterocycles. The molecule has 0 aromatic heterocycles. The summed E-state index contributed by atoms with van der Waals surface area (Å²) in [4.78, 5) is 34.9. The van der Waals surface area contributed by atoms with E-state index >= 15 is 0 Å². The molecule has 156 valence electrons. The van der Waals surface area contributed by atoms with Crippen molar-refractivity contribution in [2.45, 2.75) is 19.1 Å². The van der Waals surface area contributed by atoms with Crippen molar-refractivity contribution in [2.24, 2.45) is 0 Å². The Bertz CT molecular complexity index is 1050. The summed E-state index contributed by atoms with van der Waals surface area (Å²) in [5.41, 5.74) is -1.29. The average Bonchev–Trinajstić information content (AvgIpc) is 2.67. The number of benzene rings is 2. The third-order valence-electron chi connectivity index (χ3n) is 4.43. The van der Waals surface area contributed by atoms with E-state index in [0.717, 1.165) is 6.07 Å². The maximum atomic E-state index is 13.5. The van der Waals surface area contributed by atoms with Crippen molar-refractivity contribution in [3.05, 3.63) is 81.0 Å². The molecule has 2 aromatic rings. The highest BCUT2D eigenvalue weighted by molar-refractivity contribution is 6.06. The first-order valence-electron chi connectivity index (χ1n) is 8.58. The Morgan fingerprint density at radius 3 is 2.37 bits per heavy atom. The molecule has 3 amide bonds. The second kappa shape index (κ2) is 7.85. The molecule has 11 heteroatoms. The van der Waals surface area contributed by atoms with Crippen molar-refractivity contribution in [2.75, 3.05) is 5.32 Å². The van der Waals surface area contributed by atoms with Gasteiger partial charge in [-0.05, 0) is 30.7 Å². The minimum absolute atomic E-state index is 0.0835. The molecule has 1 heterocycles. The third-order valence-corrected chi connectivity index (χ3v) is 4.43. The van der Waals surface area contributed by atoms with E-state index in [0.29, 0.717) is 0 Å². The second-order valence-corrected chi connectivity index (χ2v) is 6.41. The van der Waals surface area contributed by atoms with Crippen LogP contribution in [0.3, 0.4) is 0 Å². The Labute approximate surface area is 167 Å². The number of nitrogens with one attached hydrogen (secondary N) is 3. The number of urea groups is 1. The number of carbonyl (C=O) groups excluding carboxylic acids is 2. The van der Waals surface area contributed by atoms with Crippen molar-refractivity contribution in [3.8, 4) is 0 Å². The largest absolute Gasteiger partial charge is 0.416 e. The number of amides is 3. The summed E-state index contributed by atoms with van der Waals surface area (Å²) in [5.74, 6) is -0.768. The van der Waals surface area contributed by atoms with Gasteiger partial charge in [0.25, 0.3) is 11.6 Å². The van der Waals surface area contributed by atoms with Gasteiger partial charge in [0.05, 0.1) is 22.1 Å². The number of allylic oxidation sites excluding steroid dienone is 1. The monoisotopic (exact) mass is 420 g/mol. The van der Waals surface area contributed by atoms with Crippen LogP contribution in [0.25, 0.3) is 0 Å². The number of non-ortho nitro benzene ring substituents is 1. The molecule has 8 nitrogen and oxygen atoms in total. The van der Waals surface area contributed by atoms with Crippen LogP contribution in [0.15, 0.2) is 59.8 Å². The van der Waals surface area contributed by atoms with Gasteiger partial charge in [0.2, 0.25) is 0 Å². The average molecular weight is 420 g/mol. The van der Waals surface area contributed by atoms with Crippen molar-refractivity contribution in [1.82, 2.24) is 10.6 Å². The van der Waals surface area contributed by atoms with Gasteiger partial charge >= 0.3 is 12.2 Å². The van der Waals surface area contributed by atoms with Crippen LogP contribution in [0.4, 0.5) is 29.3 Å². The SMILES string of the molecule is CC1=C(C(=O)Nc2ccc([N+](=O)[O-])cc2)C(c2ccccc2C(F)(F)F)NC(=O)N1.